The topological polar surface area (TPSA) is 106 Å². The molecule has 1 aromatic rings. The van der Waals surface area contributed by atoms with Crippen LogP contribution in [-0.4, -0.2) is 36.2 Å². The van der Waals surface area contributed by atoms with Crippen LogP contribution in [0.15, 0.2) is 29.2 Å². The molecule has 5 nitrogen and oxygen atoms in total. The third-order valence-electron chi connectivity index (χ3n) is 3.08. The lowest BCUT2D eigenvalue weighted by Crippen LogP contribution is -2.22. The zero-order valence-corrected chi connectivity index (χ0v) is 13.8. The van der Waals surface area contributed by atoms with E-state index >= 15 is 0 Å². The van der Waals surface area contributed by atoms with Crippen molar-refractivity contribution < 1.29 is 14.7 Å². The highest BCUT2D eigenvalue weighted by Gasteiger charge is 2.06. The molecular weight excluding hydrogens is 300 g/mol. The van der Waals surface area contributed by atoms with Crippen molar-refractivity contribution in [3.63, 3.8) is 0 Å². The SMILES string of the molecule is CSc1ccc(C=O)cc1.NC1CCCCC1.NCC(=O)O. The van der Waals surface area contributed by atoms with Crippen LogP contribution in [0.4, 0.5) is 0 Å². The number of thioether (sulfide) groups is 1. The normalized spacial score (nSPS) is 14.0. The maximum absolute atomic E-state index is 10.2. The molecule has 0 heterocycles. The smallest absolute Gasteiger partial charge is 0.317 e. The van der Waals surface area contributed by atoms with Crippen molar-refractivity contribution in [2.24, 2.45) is 11.5 Å². The maximum Gasteiger partial charge on any atom is 0.317 e. The monoisotopic (exact) mass is 326 g/mol. The molecule has 0 aliphatic heterocycles. The second kappa shape index (κ2) is 13.3. The Labute approximate surface area is 136 Å². The van der Waals surface area contributed by atoms with Crippen LogP contribution in [0.25, 0.3) is 0 Å². The Morgan fingerprint density at radius 2 is 1.77 bits per heavy atom. The van der Waals surface area contributed by atoms with Gasteiger partial charge in [0, 0.05) is 16.5 Å². The first-order valence-corrected chi connectivity index (χ1v) is 8.52. The summed E-state index contributed by atoms with van der Waals surface area (Å²) in [5.74, 6) is -0.968. The van der Waals surface area contributed by atoms with E-state index in [1.54, 1.807) is 11.8 Å². The molecule has 22 heavy (non-hydrogen) atoms. The summed E-state index contributed by atoms with van der Waals surface area (Å²) in [6, 6.07) is 8.05. The van der Waals surface area contributed by atoms with Gasteiger partial charge in [-0.25, -0.2) is 0 Å². The number of hydrogen-bond donors (Lipinski definition) is 3. The van der Waals surface area contributed by atoms with Gasteiger partial charge in [0.1, 0.15) is 6.29 Å². The predicted molar refractivity (Wildman–Crippen MR) is 91.4 cm³/mol. The van der Waals surface area contributed by atoms with Crippen molar-refractivity contribution in [2.45, 2.75) is 43.0 Å². The summed E-state index contributed by atoms with van der Waals surface area (Å²) in [6.07, 6.45) is 9.52. The van der Waals surface area contributed by atoms with Crippen LogP contribution in [0, 0.1) is 0 Å². The Kier molecular flexibility index (Phi) is 12.5. The van der Waals surface area contributed by atoms with E-state index in [-0.39, 0.29) is 6.54 Å². The Hall–Kier alpha value is -1.37. The van der Waals surface area contributed by atoms with Gasteiger partial charge < -0.3 is 16.6 Å². The summed E-state index contributed by atoms with van der Waals surface area (Å²) >= 11 is 1.67. The van der Waals surface area contributed by atoms with Crippen molar-refractivity contribution in [1.82, 2.24) is 0 Å². The highest BCUT2D eigenvalue weighted by molar-refractivity contribution is 7.98. The molecule has 124 valence electrons. The van der Waals surface area contributed by atoms with Crippen LogP contribution in [0.2, 0.25) is 0 Å². The number of hydrogen-bond acceptors (Lipinski definition) is 5. The summed E-state index contributed by atoms with van der Waals surface area (Å²) in [6.45, 7) is -0.278. The summed E-state index contributed by atoms with van der Waals surface area (Å²) in [7, 11) is 0. The van der Waals surface area contributed by atoms with Crippen molar-refractivity contribution in [2.75, 3.05) is 12.8 Å². The van der Waals surface area contributed by atoms with E-state index in [2.05, 4.69) is 5.73 Å². The number of carbonyl (C=O) groups is 2. The number of carboxylic acids is 1. The van der Waals surface area contributed by atoms with E-state index in [4.69, 9.17) is 10.8 Å². The lowest BCUT2D eigenvalue weighted by molar-refractivity contribution is -0.135. The lowest BCUT2D eigenvalue weighted by atomic mass is 9.97. The van der Waals surface area contributed by atoms with Crippen LogP contribution in [0.3, 0.4) is 0 Å². The van der Waals surface area contributed by atoms with Gasteiger partial charge in [-0.2, -0.15) is 0 Å². The molecule has 0 aromatic heterocycles. The minimum atomic E-state index is -0.968. The van der Waals surface area contributed by atoms with Crippen LogP contribution in [0.5, 0.6) is 0 Å². The summed E-state index contributed by atoms with van der Waals surface area (Å²) in [4.78, 5) is 20.6. The molecule has 1 aliphatic carbocycles. The molecule has 0 amide bonds. The Bertz CT molecular complexity index is 418. The van der Waals surface area contributed by atoms with Crippen molar-refractivity contribution in [3.05, 3.63) is 29.8 Å². The maximum atomic E-state index is 10.2. The highest BCUT2D eigenvalue weighted by Crippen LogP contribution is 2.15. The Morgan fingerprint density at radius 3 is 2.05 bits per heavy atom. The van der Waals surface area contributed by atoms with Gasteiger partial charge in [-0.15, -0.1) is 11.8 Å². The van der Waals surface area contributed by atoms with Crippen molar-refractivity contribution in [3.8, 4) is 0 Å². The van der Waals surface area contributed by atoms with E-state index in [1.807, 2.05) is 30.5 Å². The fraction of sp³-hybridized carbons (Fsp3) is 0.500. The van der Waals surface area contributed by atoms with Gasteiger partial charge in [-0.1, -0.05) is 31.4 Å². The van der Waals surface area contributed by atoms with E-state index in [9.17, 15) is 9.59 Å². The van der Waals surface area contributed by atoms with Crippen molar-refractivity contribution >= 4 is 24.0 Å². The fourth-order valence-corrected chi connectivity index (χ4v) is 2.22. The first-order valence-electron chi connectivity index (χ1n) is 7.30. The van der Waals surface area contributed by atoms with Crippen LogP contribution < -0.4 is 11.5 Å². The molecule has 6 heteroatoms. The molecule has 0 bridgehead atoms. The van der Waals surface area contributed by atoms with E-state index < -0.39 is 5.97 Å². The summed E-state index contributed by atoms with van der Waals surface area (Å²) in [5.41, 5.74) is 10.9. The molecule has 1 aliphatic rings. The van der Waals surface area contributed by atoms with Crippen LogP contribution in [0.1, 0.15) is 42.5 Å². The zero-order valence-electron chi connectivity index (χ0n) is 13.0. The molecule has 0 spiro atoms. The average molecular weight is 326 g/mol. The van der Waals surface area contributed by atoms with Crippen LogP contribution >= 0.6 is 11.8 Å². The number of carboxylic acid groups (broad SMARTS) is 1. The van der Waals surface area contributed by atoms with Gasteiger partial charge in [-0.3, -0.25) is 9.59 Å². The van der Waals surface area contributed by atoms with Gasteiger partial charge in [0.2, 0.25) is 0 Å². The predicted octanol–water partition coefficient (Wildman–Crippen LogP) is 2.53. The number of benzene rings is 1. The second-order valence-corrected chi connectivity index (χ2v) is 5.77. The molecule has 0 unspecified atom stereocenters. The van der Waals surface area contributed by atoms with E-state index in [1.165, 1.54) is 37.0 Å². The standard InChI is InChI=1S/C8H8OS.C6H13N.C2H5NO2/c1-10-8-4-2-7(6-9)3-5-8;7-6-4-2-1-3-5-6;3-1-2(4)5/h2-6H,1H3;6H,1-5,7H2;1,3H2,(H,4,5). The van der Waals surface area contributed by atoms with Gasteiger partial charge in [0.05, 0.1) is 6.54 Å². The largest absolute Gasteiger partial charge is 0.480 e. The number of rotatable bonds is 3. The number of aliphatic carboxylic acids is 1. The molecule has 0 radical (unpaired) electrons. The minimum Gasteiger partial charge on any atom is -0.480 e. The molecule has 0 saturated heterocycles. The molecule has 5 N–H and O–H groups in total. The molecule has 1 saturated carbocycles. The fourth-order valence-electron chi connectivity index (χ4n) is 1.82. The number of carbonyl (C=O) groups excluding carboxylic acids is 1. The quantitative estimate of drug-likeness (QED) is 0.582. The Morgan fingerprint density at radius 1 is 1.27 bits per heavy atom. The van der Waals surface area contributed by atoms with E-state index in [0.29, 0.717) is 6.04 Å². The van der Waals surface area contributed by atoms with Gasteiger partial charge in [0.15, 0.2) is 0 Å². The minimum absolute atomic E-state index is 0.278. The van der Waals surface area contributed by atoms with Crippen molar-refractivity contribution in [1.29, 1.82) is 0 Å². The third-order valence-corrected chi connectivity index (χ3v) is 3.82. The zero-order chi connectivity index (χ0) is 16.8. The summed E-state index contributed by atoms with van der Waals surface area (Å²) in [5, 5.41) is 7.60. The average Bonchev–Trinajstić information content (AvgIpc) is 2.56. The lowest BCUT2D eigenvalue weighted by Gasteiger charge is -2.15. The first-order chi connectivity index (χ1) is 10.5. The van der Waals surface area contributed by atoms with E-state index in [0.717, 1.165) is 11.8 Å². The van der Waals surface area contributed by atoms with Crippen LogP contribution in [-0.2, 0) is 4.79 Å². The molecule has 1 aromatic carbocycles. The van der Waals surface area contributed by atoms with Gasteiger partial charge in [0.25, 0.3) is 0 Å². The molecule has 0 atom stereocenters. The second-order valence-electron chi connectivity index (χ2n) is 4.89. The third kappa shape index (κ3) is 11.3. The summed E-state index contributed by atoms with van der Waals surface area (Å²) < 4.78 is 0. The Balaban J connectivity index is 0.000000322. The first kappa shape index (κ1) is 20.6. The molecule has 2 rings (SSSR count). The molecular formula is C16H26N2O3S. The number of nitrogens with two attached hydrogens (primary N) is 2. The molecule has 1 fully saturated rings. The highest BCUT2D eigenvalue weighted by atomic mass is 32.2. The van der Waals surface area contributed by atoms with Gasteiger partial charge >= 0.3 is 5.97 Å². The van der Waals surface area contributed by atoms with Gasteiger partial charge in [-0.05, 0) is 31.2 Å². The number of aldehydes is 1.